The second-order valence-electron chi connectivity index (χ2n) is 10.1. The summed E-state index contributed by atoms with van der Waals surface area (Å²) in [7, 11) is 1.55. The van der Waals surface area contributed by atoms with Gasteiger partial charge in [0.25, 0.3) is 0 Å². The number of fused-ring (bicyclic) bond motifs is 6. The molecule has 0 saturated carbocycles. The zero-order chi connectivity index (χ0) is 27.6. The molecule has 3 aliphatic rings. The summed E-state index contributed by atoms with van der Waals surface area (Å²) in [6, 6.07) is 21.8. The van der Waals surface area contributed by atoms with Crippen LogP contribution >= 0.6 is 15.9 Å². The summed E-state index contributed by atoms with van der Waals surface area (Å²) in [5.74, 6) is -1.40. The smallest absolute Gasteiger partial charge is 0.238 e. The summed E-state index contributed by atoms with van der Waals surface area (Å²) in [6.45, 7) is 0. The standard InChI is InChI=1S/C32H23BrN2O5/c1-39-24-14-12-19(17-21(24)33)29(36)28-27(30(37)25-11-6-16-40-25)32(20-8-3-4-9-22(20)34-31(32)38)26-15-13-18-7-2-5-10-23(18)35(26)28/h2-17,26-28H,1H3,(H,34,38)/t26-,27-,28+,32-/m1/s1. The number of ether oxygens (including phenoxy) is 1. The van der Waals surface area contributed by atoms with Crippen molar-refractivity contribution in [3.05, 3.63) is 118 Å². The molecule has 7 nitrogen and oxygen atoms in total. The fraction of sp³-hybridized carbons (Fsp3) is 0.156. The van der Waals surface area contributed by atoms with E-state index in [1.165, 1.54) is 6.26 Å². The Labute approximate surface area is 238 Å². The van der Waals surface area contributed by atoms with Gasteiger partial charge in [0.2, 0.25) is 11.7 Å². The lowest BCUT2D eigenvalue weighted by atomic mass is 9.64. The molecule has 1 N–H and O–H groups in total. The number of benzene rings is 3. The van der Waals surface area contributed by atoms with Crippen molar-refractivity contribution in [2.75, 3.05) is 17.3 Å². The van der Waals surface area contributed by atoms with E-state index in [-0.39, 0.29) is 17.5 Å². The highest BCUT2D eigenvalue weighted by Crippen LogP contribution is 2.58. The monoisotopic (exact) mass is 594 g/mol. The zero-order valence-electron chi connectivity index (χ0n) is 21.3. The Morgan fingerprint density at radius 3 is 2.58 bits per heavy atom. The van der Waals surface area contributed by atoms with E-state index < -0.39 is 29.2 Å². The lowest BCUT2D eigenvalue weighted by molar-refractivity contribution is -0.121. The van der Waals surface area contributed by atoms with Gasteiger partial charge in [-0.2, -0.15) is 0 Å². The normalized spacial score (nSPS) is 23.9. The maximum absolute atomic E-state index is 14.7. The van der Waals surface area contributed by atoms with E-state index in [0.29, 0.717) is 27.0 Å². The minimum absolute atomic E-state index is 0.104. The molecule has 40 heavy (non-hydrogen) atoms. The topological polar surface area (TPSA) is 88.9 Å². The number of carbonyl (C=O) groups excluding carboxylic acids is 3. The number of para-hydroxylation sites is 2. The Kier molecular flexibility index (Phi) is 5.57. The number of furan rings is 1. The summed E-state index contributed by atoms with van der Waals surface area (Å²) in [5, 5.41) is 3.02. The summed E-state index contributed by atoms with van der Waals surface area (Å²) >= 11 is 3.50. The highest BCUT2D eigenvalue weighted by Gasteiger charge is 2.70. The van der Waals surface area contributed by atoms with Gasteiger partial charge >= 0.3 is 0 Å². The largest absolute Gasteiger partial charge is 0.496 e. The van der Waals surface area contributed by atoms with Gasteiger partial charge in [-0.15, -0.1) is 0 Å². The molecule has 4 atom stereocenters. The van der Waals surface area contributed by atoms with E-state index in [0.717, 1.165) is 11.3 Å². The first-order valence-electron chi connectivity index (χ1n) is 12.9. The predicted molar refractivity (Wildman–Crippen MR) is 154 cm³/mol. The molecule has 4 heterocycles. The number of carbonyl (C=O) groups is 3. The molecule has 3 aromatic carbocycles. The number of hydrogen-bond donors (Lipinski definition) is 1. The maximum atomic E-state index is 14.7. The van der Waals surface area contributed by atoms with Crippen LogP contribution in [0.25, 0.3) is 6.08 Å². The van der Waals surface area contributed by atoms with Crippen LogP contribution in [0.4, 0.5) is 11.4 Å². The molecule has 1 aromatic heterocycles. The number of amides is 1. The summed E-state index contributed by atoms with van der Waals surface area (Å²) in [5.41, 5.74) is 2.03. The molecule has 1 amide bonds. The molecule has 1 fully saturated rings. The Balaban J connectivity index is 1.52. The van der Waals surface area contributed by atoms with Crippen LogP contribution < -0.4 is 15.0 Å². The molecule has 0 aliphatic carbocycles. The average molecular weight is 595 g/mol. The van der Waals surface area contributed by atoms with Crippen LogP contribution in [0.5, 0.6) is 5.75 Å². The van der Waals surface area contributed by atoms with Crippen LogP contribution in [0.2, 0.25) is 0 Å². The molecule has 0 bridgehead atoms. The van der Waals surface area contributed by atoms with E-state index in [2.05, 4.69) is 21.2 Å². The molecule has 1 spiro atoms. The number of nitrogens with one attached hydrogen (secondary N) is 1. The molecule has 8 heteroatoms. The summed E-state index contributed by atoms with van der Waals surface area (Å²) < 4.78 is 11.6. The highest BCUT2D eigenvalue weighted by molar-refractivity contribution is 9.10. The predicted octanol–water partition coefficient (Wildman–Crippen LogP) is 5.91. The number of nitrogens with zero attached hydrogens (tertiary/aromatic N) is 1. The molecule has 3 aliphatic heterocycles. The quantitative estimate of drug-likeness (QED) is 0.289. The number of rotatable bonds is 5. The van der Waals surface area contributed by atoms with Crippen LogP contribution in [-0.2, 0) is 10.2 Å². The van der Waals surface area contributed by atoms with Gasteiger partial charge in [-0.3, -0.25) is 14.4 Å². The first-order chi connectivity index (χ1) is 19.5. The van der Waals surface area contributed by atoms with Gasteiger partial charge in [0.15, 0.2) is 11.5 Å². The molecule has 0 radical (unpaired) electrons. The second-order valence-corrected chi connectivity index (χ2v) is 11.0. The summed E-state index contributed by atoms with van der Waals surface area (Å²) in [6.07, 6.45) is 5.35. The van der Waals surface area contributed by atoms with Crippen molar-refractivity contribution in [3.63, 3.8) is 0 Å². The SMILES string of the molecule is COc1ccc(C(=O)[C@@H]2[C@H](C(=O)c3ccco3)[C@]3(C(=O)Nc4ccccc43)[C@H]3C=Cc4ccccc4N23)cc1Br. The van der Waals surface area contributed by atoms with E-state index in [9.17, 15) is 14.4 Å². The summed E-state index contributed by atoms with van der Waals surface area (Å²) in [4.78, 5) is 45.4. The van der Waals surface area contributed by atoms with Gasteiger partial charge < -0.3 is 19.4 Å². The van der Waals surface area contributed by atoms with E-state index in [1.54, 1.807) is 37.4 Å². The minimum Gasteiger partial charge on any atom is -0.496 e. The minimum atomic E-state index is -1.38. The number of hydrogen-bond acceptors (Lipinski definition) is 6. The van der Waals surface area contributed by atoms with Crippen molar-refractivity contribution in [2.45, 2.75) is 17.5 Å². The van der Waals surface area contributed by atoms with Crippen molar-refractivity contribution < 1.29 is 23.5 Å². The third-order valence-corrected chi connectivity index (χ3v) is 8.91. The maximum Gasteiger partial charge on any atom is 0.238 e. The highest BCUT2D eigenvalue weighted by atomic mass is 79.9. The fourth-order valence-electron chi connectivity index (χ4n) is 6.68. The van der Waals surface area contributed by atoms with Crippen LogP contribution in [-0.4, -0.2) is 36.7 Å². The Bertz CT molecular complexity index is 1730. The van der Waals surface area contributed by atoms with Crippen LogP contribution in [0.3, 0.4) is 0 Å². The van der Waals surface area contributed by atoms with E-state index >= 15 is 0 Å². The number of methoxy groups -OCH3 is 1. The van der Waals surface area contributed by atoms with E-state index in [4.69, 9.17) is 9.15 Å². The Hall–Kier alpha value is -4.43. The van der Waals surface area contributed by atoms with Crippen molar-refractivity contribution in [1.82, 2.24) is 0 Å². The molecule has 0 unspecified atom stereocenters. The van der Waals surface area contributed by atoms with Gasteiger partial charge in [0.1, 0.15) is 17.2 Å². The van der Waals surface area contributed by atoms with Crippen molar-refractivity contribution in [1.29, 1.82) is 0 Å². The molecule has 4 aromatic rings. The van der Waals surface area contributed by atoms with Gasteiger partial charge in [-0.25, -0.2) is 0 Å². The van der Waals surface area contributed by atoms with Gasteiger partial charge in [-0.1, -0.05) is 48.6 Å². The first-order valence-corrected chi connectivity index (χ1v) is 13.7. The number of ketones is 2. The number of halogens is 1. The third-order valence-electron chi connectivity index (χ3n) is 8.29. The zero-order valence-corrected chi connectivity index (χ0v) is 22.9. The van der Waals surface area contributed by atoms with E-state index in [1.807, 2.05) is 65.6 Å². The average Bonchev–Trinajstić information content (AvgIpc) is 3.69. The lowest BCUT2D eigenvalue weighted by Gasteiger charge is -2.37. The molecular formula is C32H23BrN2O5. The van der Waals surface area contributed by atoms with Crippen LogP contribution in [0, 0.1) is 5.92 Å². The number of Topliss-reactive ketones (excluding diaryl/α,β-unsaturated/α-hetero) is 2. The third kappa shape index (κ3) is 3.26. The number of anilines is 2. The molecule has 1 saturated heterocycles. The van der Waals surface area contributed by atoms with Crippen LogP contribution in [0.15, 0.2) is 100 Å². The molecule has 198 valence electrons. The van der Waals surface area contributed by atoms with Crippen molar-refractivity contribution in [3.8, 4) is 5.75 Å². The molecule has 7 rings (SSSR count). The first kappa shape index (κ1) is 24.6. The molecular weight excluding hydrogens is 572 g/mol. The van der Waals surface area contributed by atoms with Crippen LogP contribution in [0.1, 0.15) is 32.0 Å². The Morgan fingerprint density at radius 1 is 1.00 bits per heavy atom. The van der Waals surface area contributed by atoms with Crippen molar-refractivity contribution >= 4 is 50.9 Å². The fourth-order valence-corrected chi connectivity index (χ4v) is 7.22. The van der Waals surface area contributed by atoms with Gasteiger partial charge in [-0.05, 0) is 69.5 Å². The Morgan fingerprint density at radius 2 is 1.80 bits per heavy atom. The second kappa shape index (κ2) is 9.06. The lowest BCUT2D eigenvalue weighted by Crippen LogP contribution is -2.51. The van der Waals surface area contributed by atoms with Crippen molar-refractivity contribution in [2.24, 2.45) is 5.92 Å². The van der Waals surface area contributed by atoms with Gasteiger partial charge in [0, 0.05) is 16.9 Å². The van der Waals surface area contributed by atoms with Gasteiger partial charge in [0.05, 0.1) is 29.8 Å².